The van der Waals surface area contributed by atoms with Crippen LogP contribution in [0.1, 0.15) is 12.8 Å². The molecule has 0 spiro atoms. The zero-order chi connectivity index (χ0) is 12.5. The molecule has 0 bridgehead atoms. The van der Waals surface area contributed by atoms with Crippen LogP contribution in [-0.4, -0.2) is 25.3 Å². The van der Waals surface area contributed by atoms with Crippen LogP contribution < -0.4 is 4.72 Å². The van der Waals surface area contributed by atoms with Gasteiger partial charge in [-0.2, -0.15) is 0 Å². The fourth-order valence-electron chi connectivity index (χ4n) is 1.41. The lowest BCUT2D eigenvalue weighted by atomic mass is 10.1. The lowest BCUT2D eigenvalue weighted by molar-refractivity contribution is 0.538. The van der Waals surface area contributed by atoms with Gasteiger partial charge in [0.05, 0.1) is 0 Å². The molecule has 0 aliphatic heterocycles. The van der Waals surface area contributed by atoms with Crippen molar-refractivity contribution in [3.63, 3.8) is 0 Å². The van der Waals surface area contributed by atoms with Gasteiger partial charge in [0.25, 0.3) is 0 Å². The van der Waals surface area contributed by atoms with Crippen molar-refractivity contribution in [3.8, 4) is 0 Å². The molecule has 4 nitrogen and oxygen atoms in total. The summed E-state index contributed by atoms with van der Waals surface area (Å²) in [6, 6.07) is 1.54. The Morgan fingerprint density at radius 1 is 1.41 bits per heavy atom. The first kappa shape index (κ1) is 13.5. The average Bonchev–Trinajstić information content (AvgIpc) is 3.07. The first-order valence-corrected chi connectivity index (χ1v) is 8.53. The van der Waals surface area contributed by atoms with E-state index in [1.165, 1.54) is 6.20 Å². The van der Waals surface area contributed by atoms with Gasteiger partial charge in [0, 0.05) is 28.7 Å². The van der Waals surface area contributed by atoms with E-state index in [9.17, 15) is 8.42 Å². The molecule has 94 valence electrons. The molecule has 1 aromatic rings. The lowest BCUT2D eigenvalue weighted by Crippen LogP contribution is -2.31. The van der Waals surface area contributed by atoms with Gasteiger partial charge in [0.2, 0.25) is 10.0 Å². The average molecular weight is 384 g/mol. The number of hydrogen-bond donors (Lipinski definition) is 1. The standard InChI is InChI=1S/C10H12Br2N2O2S/c11-6-10(1-2-10)7-14-17(15,16)9-3-8(12)4-13-5-9/h3-5,14H,1-2,6-7H2. The SMILES string of the molecule is O=S(=O)(NCC1(CBr)CC1)c1cncc(Br)c1. The summed E-state index contributed by atoms with van der Waals surface area (Å²) < 4.78 is 27.3. The molecule has 1 saturated carbocycles. The normalized spacial score (nSPS) is 18.0. The van der Waals surface area contributed by atoms with Gasteiger partial charge in [-0.05, 0) is 40.3 Å². The number of hydrogen-bond acceptors (Lipinski definition) is 3. The fraction of sp³-hybridized carbons (Fsp3) is 0.500. The molecular formula is C10H12Br2N2O2S. The highest BCUT2D eigenvalue weighted by atomic mass is 79.9. The second-order valence-electron chi connectivity index (χ2n) is 4.30. The molecule has 0 aromatic carbocycles. The van der Waals surface area contributed by atoms with Gasteiger partial charge in [-0.3, -0.25) is 4.98 Å². The number of nitrogens with one attached hydrogen (secondary N) is 1. The lowest BCUT2D eigenvalue weighted by Gasteiger charge is -2.12. The van der Waals surface area contributed by atoms with Crippen molar-refractivity contribution in [2.24, 2.45) is 5.41 Å². The minimum Gasteiger partial charge on any atom is -0.262 e. The molecule has 7 heteroatoms. The quantitative estimate of drug-likeness (QED) is 0.793. The van der Waals surface area contributed by atoms with Crippen LogP contribution in [0, 0.1) is 5.41 Å². The summed E-state index contributed by atoms with van der Waals surface area (Å²) >= 11 is 6.62. The van der Waals surface area contributed by atoms with E-state index >= 15 is 0 Å². The zero-order valence-corrected chi connectivity index (χ0v) is 13.0. The third-order valence-corrected chi connectivity index (χ3v) is 5.86. The molecule has 1 aliphatic carbocycles. The van der Waals surface area contributed by atoms with E-state index in [-0.39, 0.29) is 10.3 Å². The summed E-state index contributed by atoms with van der Waals surface area (Å²) in [6.45, 7) is 0.479. The van der Waals surface area contributed by atoms with Crippen molar-refractivity contribution in [1.82, 2.24) is 9.71 Å². The van der Waals surface area contributed by atoms with Gasteiger partial charge in [-0.25, -0.2) is 13.1 Å². The van der Waals surface area contributed by atoms with Crippen LogP contribution in [0.25, 0.3) is 0 Å². The molecule has 1 aromatic heterocycles. The molecule has 2 rings (SSSR count). The predicted octanol–water partition coefficient (Wildman–Crippen LogP) is 2.30. The predicted molar refractivity (Wildman–Crippen MR) is 72.6 cm³/mol. The van der Waals surface area contributed by atoms with Gasteiger partial charge in [-0.1, -0.05) is 15.9 Å². The highest BCUT2D eigenvalue weighted by molar-refractivity contribution is 9.10. The Bertz CT molecular complexity index is 515. The van der Waals surface area contributed by atoms with Crippen LogP contribution >= 0.6 is 31.9 Å². The van der Waals surface area contributed by atoms with Crippen molar-refractivity contribution in [2.45, 2.75) is 17.7 Å². The number of pyridine rings is 1. The Morgan fingerprint density at radius 3 is 2.65 bits per heavy atom. The van der Waals surface area contributed by atoms with E-state index in [1.54, 1.807) is 12.3 Å². The van der Waals surface area contributed by atoms with Crippen LogP contribution in [0.4, 0.5) is 0 Å². The second-order valence-corrected chi connectivity index (χ2v) is 7.54. The Hall–Kier alpha value is 0.0200. The summed E-state index contributed by atoms with van der Waals surface area (Å²) in [5, 5.41) is 0.833. The first-order valence-electron chi connectivity index (χ1n) is 5.14. The third-order valence-electron chi connectivity index (χ3n) is 2.87. The molecule has 1 aliphatic rings. The maximum atomic E-state index is 12.0. The van der Waals surface area contributed by atoms with Crippen LogP contribution in [-0.2, 0) is 10.0 Å². The van der Waals surface area contributed by atoms with E-state index in [0.717, 1.165) is 18.2 Å². The van der Waals surface area contributed by atoms with E-state index in [0.29, 0.717) is 11.0 Å². The van der Waals surface area contributed by atoms with Gasteiger partial charge in [0.15, 0.2) is 0 Å². The largest absolute Gasteiger partial charge is 0.262 e. The van der Waals surface area contributed by atoms with E-state index in [2.05, 4.69) is 41.6 Å². The summed E-state index contributed by atoms with van der Waals surface area (Å²) in [5.74, 6) is 0. The van der Waals surface area contributed by atoms with Crippen molar-refractivity contribution >= 4 is 41.9 Å². The Balaban J connectivity index is 2.09. The maximum absolute atomic E-state index is 12.0. The molecule has 1 N–H and O–H groups in total. The van der Waals surface area contributed by atoms with Crippen molar-refractivity contribution in [1.29, 1.82) is 0 Å². The van der Waals surface area contributed by atoms with Crippen LogP contribution in [0.5, 0.6) is 0 Å². The van der Waals surface area contributed by atoms with Gasteiger partial charge in [-0.15, -0.1) is 0 Å². The number of rotatable bonds is 5. The fourth-order valence-corrected chi connectivity index (χ4v) is 3.83. The molecular weight excluding hydrogens is 372 g/mol. The monoisotopic (exact) mass is 382 g/mol. The van der Waals surface area contributed by atoms with Crippen LogP contribution in [0.3, 0.4) is 0 Å². The molecule has 0 radical (unpaired) electrons. The zero-order valence-electron chi connectivity index (χ0n) is 8.99. The molecule has 17 heavy (non-hydrogen) atoms. The van der Waals surface area contributed by atoms with Gasteiger partial charge in [0.1, 0.15) is 4.90 Å². The van der Waals surface area contributed by atoms with E-state index in [4.69, 9.17) is 0 Å². The number of sulfonamides is 1. The summed E-state index contributed by atoms with van der Waals surface area (Å²) in [7, 11) is -3.45. The number of halogens is 2. The van der Waals surface area contributed by atoms with Gasteiger partial charge >= 0.3 is 0 Å². The van der Waals surface area contributed by atoms with Crippen molar-refractivity contribution < 1.29 is 8.42 Å². The topological polar surface area (TPSA) is 59.1 Å². The molecule has 1 fully saturated rings. The maximum Gasteiger partial charge on any atom is 0.242 e. The number of alkyl halides is 1. The minimum absolute atomic E-state index is 0.118. The minimum atomic E-state index is -3.45. The summed E-state index contributed by atoms with van der Waals surface area (Å²) in [4.78, 5) is 4.05. The smallest absolute Gasteiger partial charge is 0.242 e. The first-order chi connectivity index (χ1) is 7.97. The third kappa shape index (κ3) is 3.27. The highest BCUT2D eigenvalue weighted by Crippen LogP contribution is 2.46. The highest BCUT2D eigenvalue weighted by Gasteiger charge is 2.42. The Morgan fingerprint density at radius 2 is 2.12 bits per heavy atom. The van der Waals surface area contributed by atoms with Crippen molar-refractivity contribution in [3.05, 3.63) is 22.9 Å². The van der Waals surface area contributed by atoms with Crippen molar-refractivity contribution in [2.75, 3.05) is 11.9 Å². The molecule has 0 amide bonds. The summed E-state index contributed by atoms with van der Waals surface area (Å²) in [6.07, 6.45) is 5.04. The molecule has 1 heterocycles. The van der Waals surface area contributed by atoms with Crippen LogP contribution in [0.15, 0.2) is 27.8 Å². The molecule has 0 unspecified atom stereocenters. The Labute approximate surface area is 118 Å². The second kappa shape index (κ2) is 4.95. The number of aromatic nitrogens is 1. The Kier molecular flexibility index (Phi) is 3.92. The van der Waals surface area contributed by atoms with E-state index in [1.807, 2.05) is 0 Å². The molecule has 0 saturated heterocycles. The van der Waals surface area contributed by atoms with E-state index < -0.39 is 10.0 Å². The van der Waals surface area contributed by atoms with Gasteiger partial charge < -0.3 is 0 Å². The number of nitrogens with zero attached hydrogens (tertiary/aromatic N) is 1. The summed E-state index contributed by atoms with van der Waals surface area (Å²) in [5.41, 5.74) is 0.118. The van der Waals surface area contributed by atoms with Crippen LogP contribution in [0.2, 0.25) is 0 Å². The molecule has 0 atom stereocenters.